The van der Waals surface area contributed by atoms with Crippen LogP contribution in [0, 0.1) is 28.5 Å². The molecule has 0 radical (unpaired) electrons. The second kappa shape index (κ2) is 7.75. The zero-order valence-corrected chi connectivity index (χ0v) is 17.3. The van der Waals surface area contributed by atoms with E-state index in [2.05, 4.69) is 0 Å². The Balaban J connectivity index is 2.17. The number of aliphatic carboxylic acids is 2. The van der Waals surface area contributed by atoms with Gasteiger partial charge in [0.15, 0.2) is 0 Å². The van der Waals surface area contributed by atoms with Crippen molar-refractivity contribution in [3.05, 3.63) is 46.8 Å². The molecule has 3 atom stereocenters. The van der Waals surface area contributed by atoms with Crippen LogP contribution in [0.4, 0.5) is 13.2 Å². The van der Waals surface area contributed by atoms with Gasteiger partial charge < -0.3 is 10.2 Å². The molecule has 164 valence electrons. The van der Waals surface area contributed by atoms with Crippen LogP contribution >= 0.6 is 0 Å². The van der Waals surface area contributed by atoms with Gasteiger partial charge in [0.1, 0.15) is 11.2 Å². The van der Waals surface area contributed by atoms with Crippen molar-refractivity contribution in [1.82, 2.24) is 0 Å². The van der Waals surface area contributed by atoms with Crippen molar-refractivity contribution in [1.29, 1.82) is 0 Å². The molecule has 0 spiro atoms. The quantitative estimate of drug-likeness (QED) is 0.585. The van der Waals surface area contributed by atoms with Crippen LogP contribution in [0.2, 0.25) is 0 Å². The molecule has 3 rings (SSSR count). The van der Waals surface area contributed by atoms with Gasteiger partial charge >= 0.3 is 11.9 Å². The average Bonchev–Trinajstić information content (AvgIpc) is 3.46. The number of halogens is 3. The van der Waals surface area contributed by atoms with Crippen molar-refractivity contribution in [2.45, 2.75) is 58.8 Å². The summed E-state index contributed by atoms with van der Waals surface area (Å²) in [6.07, 6.45) is -1.35. The van der Waals surface area contributed by atoms with Gasteiger partial charge in [-0.1, -0.05) is 37.6 Å². The van der Waals surface area contributed by atoms with Crippen LogP contribution in [0.1, 0.15) is 57.1 Å². The van der Waals surface area contributed by atoms with E-state index in [1.54, 1.807) is 12.1 Å². The minimum atomic E-state index is -3.24. The molecule has 7 heteroatoms. The maximum Gasteiger partial charge on any atom is 0.316 e. The molecule has 2 aliphatic rings. The van der Waals surface area contributed by atoms with Gasteiger partial charge in [0.05, 0.1) is 5.41 Å². The molecule has 0 amide bonds. The molecule has 1 aromatic rings. The zero-order valence-electron chi connectivity index (χ0n) is 17.3. The smallest absolute Gasteiger partial charge is 0.316 e. The van der Waals surface area contributed by atoms with Crippen LogP contribution in [-0.2, 0) is 16.0 Å². The third-order valence-electron chi connectivity index (χ3n) is 6.75. The first-order valence-electron chi connectivity index (χ1n) is 10.2. The van der Waals surface area contributed by atoms with Gasteiger partial charge in [-0.15, -0.1) is 0 Å². The van der Waals surface area contributed by atoms with Gasteiger partial charge in [-0.3, -0.25) is 9.59 Å². The van der Waals surface area contributed by atoms with Crippen molar-refractivity contribution in [3.8, 4) is 0 Å². The maximum absolute atomic E-state index is 14.6. The summed E-state index contributed by atoms with van der Waals surface area (Å²) >= 11 is 0. The fraction of sp³-hybridized carbons (Fsp3) is 0.565. The second-order valence-electron chi connectivity index (χ2n) is 9.17. The number of carbonyl (C=O) groups is 2. The third kappa shape index (κ3) is 3.52. The van der Waals surface area contributed by atoms with Crippen LogP contribution in [0.25, 0.3) is 0 Å². The predicted molar refractivity (Wildman–Crippen MR) is 105 cm³/mol. The fourth-order valence-corrected chi connectivity index (χ4v) is 5.28. The molecule has 0 bridgehead atoms. The monoisotopic (exact) mass is 424 g/mol. The molecule has 2 N–H and O–H groups in total. The van der Waals surface area contributed by atoms with Gasteiger partial charge in [-0.2, -0.15) is 0 Å². The highest BCUT2D eigenvalue weighted by atomic mass is 19.3. The Hall–Kier alpha value is -2.31. The molecule has 3 unspecified atom stereocenters. The number of alkyl halides is 2. The molecule has 30 heavy (non-hydrogen) atoms. The third-order valence-corrected chi connectivity index (χ3v) is 6.75. The van der Waals surface area contributed by atoms with E-state index >= 15 is 0 Å². The molecule has 1 aromatic carbocycles. The molecule has 1 saturated carbocycles. The van der Waals surface area contributed by atoms with Crippen molar-refractivity contribution in [2.75, 3.05) is 0 Å². The highest BCUT2D eigenvalue weighted by Crippen LogP contribution is 2.62. The Morgan fingerprint density at radius 1 is 1.17 bits per heavy atom. The largest absolute Gasteiger partial charge is 0.481 e. The van der Waals surface area contributed by atoms with E-state index in [0.717, 1.165) is 0 Å². The summed E-state index contributed by atoms with van der Waals surface area (Å²) in [5.41, 5.74) is -3.07. The van der Waals surface area contributed by atoms with Crippen molar-refractivity contribution in [2.24, 2.45) is 22.7 Å². The minimum Gasteiger partial charge on any atom is -0.481 e. The van der Waals surface area contributed by atoms with Crippen LogP contribution in [0.3, 0.4) is 0 Å². The second-order valence-corrected chi connectivity index (χ2v) is 9.17. The molecule has 2 aliphatic carbocycles. The summed E-state index contributed by atoms with van der Waals surface area (Å²) in [4.78, 5) is 24.5. The lowest BCUT2D eigenvalue weighted by atomic mass is 9.54. The van der Waals surface area contributed by atoms with Crippen LogP contribution in [0.5, 0.6) is 0 Å². The molecule has 0 aromatic heterocycles. The summed E-state index contributed by atoms with van der Waals surface area (Å²) in [6, 6.07) is 4.58. The predicted octanol–water partition coefficient (Wildman–Crippen LogP) is 5.27. The normalized spacial score (nSPS) is 29.2. The van der Waals surface area contributed by atoms with Crippen molar-refractivity contribution in [3.63, 3.8) is 0 Å². The Labute approximate surface area is 173 Å². The molecule has 1 fully saturated rings. The van der Waals surface area contributed by atoms with Crippen molar-refractivity contribution >= 4 is 11.9 Å². The van der Waals surface area contributed by atoms with E-state index in [1.165, 1.54) is 19.1 Å². The maximum atomic E-state index is 14.6. The standard InChI is InChI=1S/C23H27F3O4/c1-12(2)15-5-4-6-17(24)16(15)9-13-10-22(3,20(27)28)18(14-7-8-14)23(11-13,19(25)26)21(29)30/h4-6,10,12,14,18-19H,7-9,11H2,1-3H3,(H,27,28)(H,29,30). The number of hydrogen-bond acceptors (Lipinski definition) is 2. The summed E-state index contributed by atoms with van der Waals surface area (Å²) in [7, 11) is 0. The highest BCUT2D eigenvalue weighted by molar-refractivity contribution is 5.83. The van der Waals surface area contributed by atoms with Gasteiger partial charge in [-0.25, -0.2) is 13.2 Å². The molecular formula is C23H27F3O4. The fourth-order valence-electron chi connectivity index (χ4n) is 5.28. The lowest BCUT2D eigenvalue weighted by Crippen LogP contribution is -2.56. The molecule has 0 aliphatic heterocycles. The van der Waals surface area contributed by atoms with E-state index in [1.807, 2.05) is 13.8 Å². The SMILES string of the molecule is CC(C)c1cccc(F)c1CC1=CC(C)(C(=O)O)C(C2CC2)C(C(=O)O)(C(F)F)C1. The lowest BCUT2D eigenvalue weighted by Gasteiger charge is -2.48. The number of rotatable bonds is 7. The van der Waals surface area contributed by atoms with E-state index in [-0.39, 0.29) is 23.8 Å². The summed E-state index contributed by atoms with van der Waals surface area (Å²) in [6.45, 7) is 5.07. The van der Waals surface area contributed by atoms with Crippen LogP contribution in [-0.4, -0.2) is 28.6 Å². The first kappa shape index (κ1) is 22.4. The Morgan fingerprint density at radius 2 is 1.80 bits per heavy atom. The van der Waals surface area contributed by atoms with Crippen LogP contribution in [0.15, 0.2) is 29.8 Å². The zero-order chi connectivity index (χ0) is 22.4. The number of hydrogen-bond donors (Lipinski definition) is 2. The summed E-state index contributed by atoms with van der Waals surface area (Å²) < 4.78 is 43.4. The van der Waals surface area contributed by atoms with E-state index in [4.69, 9.17) is 0 Å². The average molecular weight is 424 g/mol. The van der Waals surface area contributed by atoms with E-state index < -0.39 is 47.3 Å². The Bertz CT molecular complexity index is 890. The first-order chi connectivity index (χ1) is 13.9. The molecule has 0 saturated heterocycles. The minimum absolute atomic E-state index is 0.0377. The van der Waals surface area contributed by atoms with Gasteiger partial charge in [0, 0.05) is 5.92 Å². The molecule has 4 nitrogen and oxygen atoms in total. The van der Waals surface area contributed by atoms with E-state index in [9.17, 15) is 33.0 Å². The summed E-state index contributed by atoms with van der Waals surface area (Å²) in [5, 5.41) is 19.9. The number of benzene rings is 1. The van der Waals surface area contributed by atoms with Gasteiger partial charge in [0.2, 0.25) is 0 Å². The first-order valence-corrected chi connectivity index (χ1v) is 10.2. The lowest BCUT2D eigenvalue weighted by molar-refractivity contribution is -0.181. The topological polar surface area (TPSA) is 74.6 Å². The number of allylic oxidation sites excluding steroid dienone is 1. The van der Waals surface area contributed by atoms with Gasteiger partial charge in [-0.05, 0) is 61.6 Å². The molecule has 0 heterocycles. The van der Waals surface area contributed by atoms with E-state index in [0.29, 0.717) is 24.0 Å². The Kier molecular flexibility index (Phi) is 5.78. The Morgan fingerprint density at radius 3 is 2.27 bits per heavy atom. The van der Waals surface area contributed by atoms with Gasteiger partial charge in [0.25, 0.3) is 6.43 Å². The number of carboxylic acids is 2. The summed E-state index contributed by atoms with van der Waals surface area (Å²) in [5.74, 6) is -5.18. The number of carboxylic acid groups (broad SMARTS) is 2. The van der Waals surface area contributed by atoms with Crippen molar-refractivity contribution < 1.29 is 33.0 Å². The molecular weight excluding hydrogens is 397 g/mol. The van der Waals surface area contributed by atoms with Crippen LogP contribution < -0.4 is 0 Å². The highest BCUT2D eigenvalue weighted by Gasteiger charge is 2.66.